The molecule has 2 aromatic rings. The normalized spacial score (nSPS) is 12.8. The lowest BCUT2D eigenvalue weighted by molar-refractivity contribution is -0.389. The van der Waals surface area contributed by atoms with Gasteiger partial charge in [0.1, 0.15) is 0 Å². The van der Waals surface area contributed by atoms with Gasteiger partial charge in [-0.2, -0.15) is 23.0 Å². The van der Waals surface area contributed by atoms with Gasteiger partial charge in [-0.25, -0.2) is 0 Å². The second kappa shape index (κ2) is 8.40. The summed E-state index contributed by atoms with van der Waals surface area (Å²) < 4.78 is 40.6. The average molecular weight is 402 g/mol. The summed E-state index contributed by atoms with van der Waals surface area (Å²) in [5.74, 6) is -1.04. The van der Waals surface area contributed by atoms with Gasteiger partial charge >= 0.3 is 12.0 Å². The number of amides is 1. The molecule has 0 aliphatic heterocycles. The Kier molecular flexibility index (Phi) is 6.41. The zero-order chi connectivity index (χ0) is 21.1. The molecule has 1 unspecified atom stereocenters. The number of aryl methyl sites for hydroxylation is 3. The van der Waals surface area contributed by atoms with E-state index in [0.29, 0.717) is 17.8 Å². The highest BCUT2D eigenvalue weighted by atomic mass is 19.4. The lowest BCUT2D eigenvalue weighted by Crippen LogP contribution is -2.33. The predicted molar refractivity (Wildman–Crippen MR) is 92.4 cm³/mol. The number of hydrogen-bond donors (Lipinski definition) is 1. The largest absolute Gasteiger partial charge is 0.435 e. The zero-order valence-corrected chi connectivity index (χ0v) is 15.7. The molecule has 1 atom stereocenters. The quantitative estimate of drug-likeness (QED) is 0.415. The van der Waals surface area contributed by atoms with Crippen LogP contribution in [0.1, 0.15) is 30.4 Å². The average Bonchev–Trinajstić information content (AvgIpc) is 3.14. The third-order valence-electron chi connectivity index (χ3n) is 4.17. The Bertz CT molecular complexity index is 858. The molecule has 154 valence electrons. The fourth-order valence-corrected chi connectivity index (χ4v) is 2.60. The Morgan fingerprint density at radius 2 is 1.89 bits per heavy atom. The first-order chi connectivity index (χ1) is 13.0. The minimum absolute atomic E-state index is 0.179. The van der Waals surface area contributed by atoms with E-state index in [1.54, 1.807) is 13.8 Å². The van der Waals surface area contributed by atoms with Gasteiger partial charge in [-0.3, -0.25) is 9.48 Å². The number of carbonyl (C=O) groups is 1. The molecular weight excluding hydrogens is 381 g/mol. The van der Waals surface area contributed by atoms with E-state index >= 15 is 0 Å². The van der Waals surface area contributed by atoms with Gasteiger partial charge in [0, 0.05) is 18.8 Å². The van der Waals surface area contributed by atoms with Gasteiger partial charge in [0.05, 0.1) is 29.3 Å². The standard InChI is InChI=1S/C16H21F3N6O3/c1-10(9-24-12(3)8-14(22-24)25(27)28)15(26)20-5-4-6-23-11(2)7-13(21-23)16(17,18)19/h7-8,10H,4-6,9H2,1-3H3,(H,20,26). The molecule has 2 rings (SSSR count). The minimum Gasteiger partial charge on any atom is -0.358 e. The second-order valence-corrected chi connectivity index (χ2v) is 6.52. The van der Waals surface area contributed by atoms with Crippen LogP contribution in [0.2, 0.25) is 0 Å². The van der Waals surface area contributed by atoms with Gasteiger partial charge in [-0.1, -0.05) is 6.92 Å². The fraction of sp³-hybridized carbons (Fsp3) is 0.562. The number of rotatable bonds is 8. The van der Waals surface area contributed by atoms with Crippen molar-refractivity contribution in [1.82, 2.24) is 24.9 Å². The van der Waals surface area contributed by atoms with Crippen molar-refractivity contribution in [2.75, 3.05) is 6.54 Å². The lowest BCUT2D eigenvalue weighted by Gasteiger charge is -2.12. The van der Waals surface area contributed by atoms with E-state index < -0.39 is 22.7 Å². The Balaban J connectivity index is 1.81. The van der Waals surface area contributed by atoms with Crippen LogP contribution in [-0.2, 0) is 24.1 Å². The van der Waals surface area contributed by atoms with E-state index in [4.69, 9.17) is 0 Å². The van der Waals surface area contributed by atoms with Gasteiger partial charge in [0.2, 0.25) is 5.91 Å². The maximum Gasteiger partial charge on any atom is 0.435 e. The summed E-state index contributed by atoms with van der Waals surface area (Å²) in [6.07, 6.45) is -4.08. The Morgan fingerprint density at radius 1 is 1.25 bits per heavy atom. The molecule has 0 aromatic carbocycles. The van der Waals surface area contributed by atoms with Crippen molar-refractivity contribution < 1.29 is 22.9 Å². The van der Waals surface area contributed by atoms with Gasteiger partial charge in [0.15, 0.2) is 5.69 Å². The number of carbonyl (C=O) groups excluding carboxylic acids is 1. The summed E-state index contributed by atoms with van der Waals surface area (Å²) >= 11 is 0. The molecule has 1 N–H and O–H groups in total. The fourth-order valence-electron chi connectivity index (χ4n) is 2.60. The van der Waals surface area contributed by atoms with E-state index in [1.807, 2.05) is 0 Å². The first-order valence-electron chi connectivity index (χ1n) is 8.57. The summed E-state index contributed by atoms with van der Waals surface area (Å²) in [6, 6.07) is 2.30. The molecule has 9 nitrogen and oxygen atoms in total. The SMILES string of the molecule is Cc1cc([N+](=O)[O-])nn1CC(C)C(=O)NCCCn1nc(C(F)(F)F)cc1C. The molecule has 2 aromatic heterocycles. The molecule has 0 saturated carbocycles. The summed E-state index contributed by atoms with van der Waals surface area (Å²) in [5.41, 5.74) is 0.0232. The molecule has 0 aliphatic rings. The van der Waals surface area contributed by atoms with Crippen molar-refractivity contribution in [3.05, 3.63) is 39.3 Å². The molecule has 0 saturated heterocycles. The molecule has 0 fully saturated rings. The number of nitro groups is 1. The molecule has 0 radical (unpaired) electrons. The second-order valence-electron chi connectivity index (χ2n) is 6.52. The van der Waals surface area contributed by atoms with Crippen molar-refractivity contribution in [3.8, 4) is 0 Å². The maximum absolute atomic E-state index is 12.6. The summed E-state index contributed by atoms with van der Waals surface area (Å²) in [4.78, 5) is 22.3. The summed E-state index contributed by atoms with van der Waals surface area (Å²) in [7, 11) is 0. The number of nitrogens with one attached hydrogen (secondary N) is 1. The first-order valence-corrected chi connectivity index (χ1v) is 8.57. The topological polar surface area (TPSA) is 108 Å². The molecule has 2 heterocycles. The predicted octanol–water partition coefficient (Wildman–Crippen LogP) is 2.47. The van der Waals surface area contributed by atoms with Crippen molar-refractivity contribution >= 4 is 11.7 Å². The first kappa shape index (κ1) is 21.4. The third-order valence-corrected chi connectivity index (χ3v) is 4.17. The molecule has 0 spiro atoms. The van der Waals surface area contributed by atoms with E-state index in [2.05, 4.69) is 15.5 Å². The Morgan fingerprint density at radius 3 is 2.43 bits per heavy atom. The monoisotopic (exact) mass is 402 g/mol. The lowest BCUT2D eigenvalue weighted by atomic mass is 10.1. The van der Waals surface area contributed by atoms with Crippen LogP contribution in [0.5, 0.6) is 0 Å². The maximum atomic E-state index is 12.6. The van der Waals surface area contributed by atoms with Crippen molar-refractivity contribution in [2.24, 2.45) is 5.92 Å². The van der Waals surface area contributed by atoms with Crippen LogP contribution in [-0.4, -0.2) is 36.9 Å². The highest BCUT2D eigenvalue weighted by Gasteiger charge is 2.34. The molecule has 12 heteroatoms. The van der Waals surface area contributed by atoms with Crippen LogP contribution in [0.3, 0.4) is 0 Å². The molecule has 0 bridgehead atoms. The van der Waals surface area contributed by atoms with Gasteiger partial charge in [-0.15, -0.1) is 0 Å². The van der Waals surface area contributed by atoms with Gasteiger partial charge < -0.3 is 15.4 Å². The van der Waals surface area contributed by atoms with Crippen LogP contribution in [0, 0.1) is 29.9 Å². The zero-order valence-electron chi connectivity index (χ0n) is 15.7. The van der Waals surface area contributed by atoms with E-state index in [1.165, 1.54) is 22.4 Å². The van der Waals surface area contributed by atoms with Crippen molar-refractivity contribution in [2.45, 2.75) is 46.5 Å². The molecular formula is C16H21F3N6O3. The third kappa shape index (κ3) is 5.30. The van der Waals surface area contributed by atoms with Gasteiger partial charge in [0.25, 0.3) is 0 Å². The Hall–Kier alpha value is -2.92. The number of nitrogens with zero attached hydrogens (tertiary/aromatic N) is 5. The van der Waals surface area contributed by atoms with E-state index in [-0.39, 0.29) is 31.4 Å². The van der Waals surface area contributed by atoms with Gasteiger partial charge in [-0.05, 0) is 31.3 Å². The Labute approximate surface area is 158 Å². The highest BCUT2D eigenvalue weighted by molar-refractivity contribution is 5.78. The summed E-state index contributed by atoms with van der Waals surface area (Å²) in [5, 5.41) is 20.8. The van der Waals surface area contributed by atoms with Crippen LogP contribution in [0.4, 0.5) is 19.0 Å². The van der Waals surface area contributed by atoms with E-state index in [9.17, 15) is 28.1 Å². The molecule has 1 amide bonds. The van der Waals surface area contributed by atoms with Crippen molar-refractivity contribution in [1.29, 1.82) is 0 Å². The van der Waals surface area contributed by atoms with Crippen LogP contribution >= 0.6 is 0 Å². The minimum atomic E-state index is -4.49. The number of aromatic nitrogens is 4. The number of hydrogen-bond acceptors (Lipinski definition) is 5. The van der Waals surface area contributed by atoms with Crippen LogP contribution < -0.4 is 5.32 Å². The van der Waals surface area contributed by atoms with Crippen LogP contribution in [0.15, 0.2) is 12.1 Å². The summed E-state index contributed by atoms with van der Waals surface area (Å²) in [6.45, 7) is 5.54. The van der Waals surface area contributed by atoms with Crippen molar-refractivity contribution in [3.63, 3.8) is 0 Å². The number of alkyl halides is 3. The molecule has 28 heavy (non-hydrogen) atoms. The van der Waals surface area contributed by atoms with E-state index in [0.717, 1.165) is 6.07 Å². The highest BCUT2D eigenvalue weighted by Crippen LogP contribution is 2.28. The van der Waals surface area contributed by atoms with Crippen LogP contribution in [0.25, 0.3) is 0 Å². The molecule has 0 aliphatic carbocycles. The number of halogens is 3. The smallest absolute Gasteiger partial charge is 0.358 e.